The zero-order chi connectivity index (χ0) is 4.71. The Labute approximate surface area is 53.0 Å². The van der Waals surface area contributed by atoms with Crippen LogP contribution in [0.1, 0.15) is 13.8 Å². The van der Waals surface area contributed by atoms with E-state index >= 15 is 0 Å². The average Bonchev–Trinajstić information content (AvgIpc) is 1.46. The second-order valence-corrected chi connectivity index (χ2v) is 0.577. The number of hydrogen-bond acceptors (Lipinski definition) is 2. The van der Waals surface area contributed by atoms with Gasteiger partial charge in [0, 0.05) is 21.1 Å². The van der Waals surface area contributed by atoms with E-state index < -0.39 is 0 Å². The van der Waals surface area contributed by atoms with E-state index in [0.717, 1.165) is 0 Å². The minimum absolute atomic E-state index is 0. The Bertz CT molecular complexity index is 10.8. The van der Waals surface area contributed by atoms with Crippen LogP contribution in [0.2, 0.25) is 0 Å². The first-order chi connectivity index (χ1) is 2.41. The van der Waals surface area contributed by atoms with Crippen molar-refractivity contribution in [2.24, 2.45) is 5.90 Å². The van der Waals surface area contributed by atoms with Crippen molar-refractivity contribution in [1.29, 1.82) is 0 Å². The molecule has 0 saturated heterocycles. The molecular weight excluding hydrogens is 250 g/mol. The zero-order valence-corrected chi connectivity index (χ0v) is 6.94. The molecule has 0 spiro atoms. The second kappa shape index (κ2) is 46.0. The van der Waals surface area contributed by atoms with Crippen LogP contribution in [0, 0.1) is 6.42 Å². The SMILES string of the molecule is C[CH-]C.NO.[W]. The van der Waals surface area contributed by atoms with Crippen LogP contribution in [0.15, 0.2) is 0 Å². The van der Waals surface area contributed by atoms with Gasteiger partial charge >= 0.3 is 0 Å². The van der Waals surface area contributed by atoms with Gasteiger partial charge in [0.25, 0.3) is 0 Å². The maximum Gasteiger partial charge on any atom is 0 e. The first kappa shape index (κ1) is 16.0. The van der Waals surface area contributed by atoms with Crippen LogP contribution in [0.4, 0.5) is 0 Å². The Morgan fingerprint density at radius 1 is 1.33 bits per heavy atom. The van der Waals surface area contributed by atoms with E-state index in [1.807, 2.05) is 20.3 Å². The van der Waals surface area contributed by atoms with Crippen molar-refractivity contribution in [3.8, 4) is 0 Å². The van der Waals surface area contributed by atoms with Crippen LogP contribution in [0.5, 0.6) is 0 Å². The van der Waals surface area contributed by atoms with Crippen LogP contribution in [0.3, 0.4) is 0 Å². The molecule has 0 aliphatic rings. The summed E-state index contributed by atoms with van der Waals surface area (Å²) in [7, 11) is 0. The smallest absolute Gasteiger partial charge is 0 e. The fraction of sp³-hybridized carbons (Fsp3) is 0.667. The van der Waals surface area contributed by atoms with Gasteiger partial charge in [-0.2, -0.15) is 13.8 Å². The maximum atomic E-state index is 6.50. The van der Waals surface area contributed by atoms with Gasteiger partial charge in [-0.05, 0) is 0 Å². The molecule has 0 rings (SSSR count). The quantitative estimate of drug-likeness (QED) is 0.494. The van der Waals surface area contributed by atoms with E-state index in [9.17, 15) is 0 Å². The number of hydrogen-bond donors (Lipinski definition) is 2. The van der Waals surface area contributed by atoms with E-state index in [4.69, 9.17) is 5.21 Å². The summed E-state index contributed by atoms with van der Waals surface area (Å²) >= 11 is 0. The molecule has 0 heterocycles. The van der Waals surface area contributed by atoms with E-state index in [2.05, 4.69) is 5.90 Å². The van der Waals surface area contributed by atoms with Gasteiger partial charge in [-0.3, -0.25) is 0 Å². The summed E-state index contributed by atoms with van der Waals surface area (Å²) in [5.74, 6) is 3.50. The Kier molecular flexibility index (Phi) is 123. The summed E-state index contributed by atoms with van der Waals surface area (Å²) in [5.41, 5.74) is 0. The molecule has 0 fully saturated rings. The fourth-order valence-corrected chi connectivity index (χ4v) is 0. The molecule has 0 amide bonds. The molecule has 0 saturated carbocycles. The molecule has 6 heavy (non-hydrogen) atoms. The Balaban J connectivity index is -0.0000000275. The van der Waals surface area contributed by atoms with Crippen LogP contribution in [0.25, 0.3) is 0 Å². The molecule has 0 aromatic carbocycles. The first-order valence-corrected chi connectivity index (χ1v) is 1.41. The standard InChI is InChI=1S/C3H7.H3NO.W/c1-3-2;1-2;/h3H,1-2H3;2H,1H2;/q-1;;. The number of rotatable bonds is 0. The maximum absolute atomic E-state index is 6.50. The van der Waals surface area contributed by atoms with Crippen molar-refractivity contribution < 1.29 is 26.3 Å². The summed E-state index contributed by atoms with van der Waals surface area (Å²) in [6.45, 7) is 4.00. The Morgan fingerprint density at radius 3 is 1.33 bits per heavy atom. The van der Waals surface area contributed by atoms with Gasteiger partial charge in [0.2, 0.25) is 0 Å². The minimum atomic E-state index is 0. The summed E-state index contributed by atoms with van der Waals surface area (Å²) in [5, 5.41) is 6.50. The normalized spacial score (nSPS) is 4.00. The van der Waals surface area contributed by atoms with Crippen molar-refractivity contribution in [3.63, 3.8) is 0 Å². The van der Waals surface area contributed by atoms with Crippen LogP contribution in [-0.2, 0) is 21.1 Å². The summed E-state index contributed by atoms with van der Waals surface area (Å²) in [6.07, 6.45) is 2.00. The molecule has 40 valence electrons. The predicted octanol–water partition coefficient (Wildman–Crippen LogP) is 0.562. The molecule has 0 aliphatic carbocycles. The predicted molar refractivity (Wildman–Crippen MR) is 21.6 cm³/mol. The zero-order valence-electron chi connectivity index (χ0n) is 4.01. The molecule has 0 aromatic rings. The van der Waals surface area contributed by atoms with Gasteiger partial charge in [0.05, 0.1) is 0 Å². The average molecular weight is 260 g/mol. The van der Waals surface area contributed by atoms with Gasteiger partial charge in [0.15, 0.2) is 0 Å². The third-order valence-electron chi connectivity index (χ3n) is 0. The van der Waals surface area contributed by atoms with Gasteiger partial charge in [-0.1, -0.05) is 0 Å². The van der Waals surface area contributed by atoms with Crippen molar-refractivity contribution >= 4 is 0 Å². The fourth-order valence-electron chi connectivity index (χ4n) is 0. The molecule has 0 aliphatic heterocycles. The third-order valence-corrected chi connectivity index (χ3v) is 0. The minimum Gasteiger partial charge on any atom is -0.335 e. The monoisotopic (exact) mass is 260 g/mol. The van der Waals surface area contributed by atoms with Crippen molar-refractivity contribution in [3.05, 3.63) is 6.42 Å². The van der Waals surface area contributed by atoms with Gasteiger partial charge in [-0.15, -0.1) is 0 Å². The van der Waals surface area contributed by atoms with Crippen molar-refractivity contribution in [2.45, 2.75) is 13.8 Å². The molecule has 0 radical (unpaired) electrons. The van der Waals surface area contributed by atoms with E-state index in [-0.39, 0.29) is 21.1 Å². The summed E-state index contributed by atoms with van der Waals surface area (Å²) < 4.78 is 0. The molecule has 0 atom stereocenters. The molecule has 0 aromatic heterocycles. The summed E-state index contributed by atoms with van der Waals surface area (Å²) in [6, 6.07) is 0. The van der Waals surface area contributed by atoms with Gasteiger partial charge in [-0.25, -0.2) is 5.90 Å². The van der Waals surface area contributed by atoms with E-state index in [1.54, 1.807) is 0 Å². The molecular formula is C3H10NOW-. The van der Waals surface area contributed by atoms with E-state index in [0.29, 0.717) is 0 Å². The third kappa shape index (κ3) is 162. The first-order valence-electron chi connectivity index (χ1n) is 1.41. The van der Waals surface area contributed by atoms with Crippen LogP contribution >= 0.6 is 0 Å². The Morgan fingerprint density at radius 2 is 1.33 bits per heavy atom. The topological polar surface area (TPSA) is 46.2 Å². The largest absolute Gasteiger partial charge is 0.335 e. The molecule has 0 bridgehead atoms. The van der Waals surface area contributed by atoms with Crippen molar-refractivity contribution in [2.75, 3.05) is 0 Å². The number of nitrogens with two attached hydrogens (primary N) is 1. The summed E-state index contributed by atoms with van der Waals surface area (Å²) in [4.78, 5) is 0. The molecule has 2 nitrogen and oxygen atoms in total. The molecule has 3 N–H and O–H groups in total. The van der Waals surface area contributed by atoms with Crippen LogP contribution in [-0.4, -0.2) is 5.21 Å². The molecule has 0 unspecified atom stereocenters. The second-order valence-electron chi connectivity index (χ2n) is 0.577. The van der Waals surface area contributed by atoms with Crippen molar-refractivity contribution in [1.82, 2.24) is 0 Å². The van der Waals surface area contributed by atoms with Gasteiger partial charge < -0.3 is 11.6 Å². The van der Waals surface area contributed by atoms with Crippen LogP contribution < -0.4 is 5.90 Å². The van der Waals surface area contributed by atoms with E-state index in [1.165, 1.54) is 0 Å². The Hall–Kier alpha value is 0.608. The molecule has 3 heteroatoms. The van der Waals surface area contributed by atoms with Gasteiger partial charge in [0.1, 0.15) is 0 Å².